The molecule has 28 heavy (non-hydrogen) atoms. The molecule has 6 nitrogen and oxygen atoms in total. The molecule has 1 aliphatic carbocycles. The van der Waals surface area contributed by atoms with Crippen LogP contribution in [0.5, 0.6) is 0 Å². The summed E-state index contributed by atoms with van der Waals surface area (Å²) in [6.45, 7) is -0.123. The summed E-state index contributed by atoms with van der Waals surface area (Å²) >= 11 is 0. The minimum atomic E-state index is -3.76. The van der Waals surface area contributed by atoms with Crippen molar-refractivity contribution in [2.24, 2.45) is 0 Å². The number of aromatic nitrogens is 1. The molecule has 3 aromatic rings. The predicted molar refractivity (Wildman–Crippen MR) is 104 cm³/mol. The zero-order valence-corrected chi connectivity index (χ0v) is 15.7. The van der Waals surface area contributed by atoms with Crippen LogP contribution in [-0.4, -0.2) is 30.1 Å². The smallest absolute Gasteiger partial charge is 0.323 e. The minimum absolute atomic E-state index is 0. The van der Waals surface area contributed by atoms with Gasteiger partial charge in [-0.2, -0.15) is 0 Å². The quantitative estimate of drug-likeness (QED) is 0.684. The van der Waals surface area contributed by atoms with Crippen LogP contribution in [0.25, 0.3) is 10.9 Å². The number of hydrogen-bond donors (Lipinski definition) is 2. The molecule has 1 aliphatic rings. The van der Waals surface area contributed by atoms with Gasteiger partial charge in [-0.05, 0) is 55.2 Å². The summed E-state index contributed by atoms with van der Waals surface area (Å²) in [6, 6.07) is 12.0. The van der Waals surface area contributed by atoms with Gasteiger partial charge in [0.2, 0.25) is 10.0 Å². The van der Waals surface area contributed by atoms with E-state index in [1.165, 1.54) is 12.1 Å². The maximum Gasteiger partial charge on any atom is 0.323 e. The second kappa shape index (κ2) is 7.03. The molecule has 0 bridgehead atoms. The highest BCUT2D eigenvalue weighted by Gasteiger charge is 2.29. The Labute approximate surface area is 163 Å². The van der Waals surface area contributed by atoms with Crippen molar-refractivity contribution in [2.75, 3.05) is 0 Å². The fourth-order valence-electron chi connectivity index (χ4n) is 3.92. The number of nitrogens with zero attached hydrogens (tertiary/aromatic N) is 1. The van der Waals surface area contributed by atoms with E-state index in [0.29, 0.717) is 19.3 Å². The van der Waals surface area contributed by atoms with Gasteiger partial charge in [0.15, 0.2) is 0 Å². The fourth-order valence-corrected chi connectivity index (χ4v) is 5.19. The molecule has 1 unspecified atom stereocenters. The molecule has 0 saturated heterocycles. The van der Waals surface area contributed by atoms with Gasteiger partial charge in [0.25, 0.3) is 0 Å². The van der Waals surface area contributed by atoms with Crippen molar-refractivity contribution < 1.29 is 24.1 Å². The Kier molecular flexibility index (Phi) is 4.68. The summed E-state index contributed by atoms with van der Waals surface area (Å²) in [5.41, 5.74) is 2.77. The lowest BCUT2D eigenvalue weighted by Gasteiger charge is -2.24. The van der Waals surface area contributed by atoms with Gasteiger partial charge in [-0.3, -0.25) is 4.79 Å². The average molecular weight is 404 g/mol. The number of carboxylic acid groups (broad SMARTS) is 1. The Morgan fingerprint density at radius 3 is 2.64 bits per heavy atom. The molecule has 0 amide bonds. The molecule has 4 rings (SSSR count). The Bertz CT molecular complexity index is 1160. The molecule has 2 aromatic carbocycles. The van der Waals surface area contributed by atoms with Crippen LogP contribution in [0.2, 0.25) is 0 Å². The first kappa shape index (κ1) is 18.6. The van der Waals surface area contributed by atoms with E-state index in [1.807, 2.05) is 24.3 Å². The monoisotopic (exact) mass is 404 g/mol. The van der Waals surface area contributed by atoms with Crippen LogP contribution in [-0.2, 0) is 34.2 Å². The number of sulfonamides is 1. The van der Waals surface area contributed by atoms with Crippen molar-refractivity contribution in [3.8, 4) is 0 Å². The van der Waals surface area contributed by atoms with Crippen LogP contribution in [0.4, 0.5) is 4.39 Å². The molecule has 0 spiro atoms. The highest BCUT2D eigenvalue weighted by molar-refractivity contribution is 7.89. The zero-order valence-electron chi connectivity index (χ0n) is 14.9. The van der Waals surface area contributed by atoms with E-state index in [0.717, 1.165) is 34.3 Å². The van der Waals surface area contributed by atoms with E-state index in [-0.39, 0.29) is 18.9 Å². The third-order valence-electron chi connectivity index (χ3n) is 5.11. The van der Waals surface area contributed by atoms with Gasteiger partial charge >= 0.3 is 5.97 Å². The third kappa shape index (κ3) is 3.41. The van der Waals surface area contributed by atoms with E-state index in [2.05, 4.69) is 4.72 Å². The molecule has 1 heterocycles. The first-order valence-corrected chi connectivity index (χ1v) is 10.4. The number of para-hydroxylation sites is 1. The Morgan fingerprint density at radius 1 is 1.21 bits per heavy atom. The van der Waals surface area contributed by atoms with E-state index >= 15 is 0 Å². The predicted octanol–water partition coefficient (Wildman–Crippen LogP) is 2.95. The number of benzene rings is 2. The number of carboxylic acids is 1. The largest absolute Gasteiger partial charge is 0.480 e. The molecule has 0 saturated carbocycles. The topological polar surface area (TPSA) is 88.4 Å². The molecule has 148 valence electrons. The summed E-state index contributed by atoms with van der Waals surface area (Å²) in [5, 5.41) is 10.2. The van der Waals surface area contributed by atoms with Crippen LogP contribution in [0.1, 0.15) is 19.1 Å². The van der Waals surface area contributed by atoms with E-state index in [4.69, 9.17) is 0 Å². The number of hydrogen-bond acceptors (Lipinski definition) is 3. The van der Waals surface area contributed by atoms with Gasteiger partial charge in [0.1, 0.15) is 12.4 Å². The van der Waals surface area contributed by atoms with Crippen molar-refractivity contribution in [2.45, 2.75) is 36.7 Å². The molecule has 8 heteroatoms. The second-order valence-corrected chi connectivity index (χ2v) is 8.65. The highest BCUT2D eigenvalue weighted by Crippen LogP contribution is 2.32. The van der Waals surface area contributed by atoms with Gasteiger partial charge in [-0.1, -0.05) is 18.2 Å². The number of carbonyl (C=O) groups is 1. The average Bonchev–Trinajstić information content (AvgIpc) is 2.95. The van der Waals surface area contributed by atoms with Gasteiger partial charge < -0.3 is 9.67 Å². The molecule has 0 fully saturated rings. The van der Waals surface area contributed by atoms with Gasteiger partial charge in [-0.15, -0.1) is 0 Å². The van der Waals surface area contributed by atoms with Gasteiger partial charge in [0.05, 0.1) is 4.90 Å². The molecule has 0 aliphatic heterocycles. The maximum atomic E-state index is 13.1. The molecular weight excluding hydrogens is 383 g/mol. The normalized spacial score (nSPS) is 16.8. The Morgan fingerprint density at radius 2 is 1.93 bits per heavy atom. The first-order valence-electron chi connectivity index (χ1n) is 8.94. The number of fused-ring (bicyclic) bond motifs is 3. The number of rotatable bonds is 5. The molecule has 2 N–H and O–H groups in total. The lowest BCUT2D eigenvalue weighted by molar-refractivity contribution is -0.137. The number of aliphatic carboxylic acids is 1. The van der Waals surface area contributed by atoms with Crippen LogP contribution >= 0.6 is 0 Å². The summed E-state index contributed by atoms with van der Waals surface area (Å²) in [7, 11) is -3.76. The second-order valence-electron chi connectivity index (χ2n) is 6.94. The number of halogens is 1. The van der Waals surface area contributed by atoms with Crippen molar-refractivity contribution in [3.63, 3.8) is 0 Å². The Hall–Kier alpha value is -2.71. The van der Waals surface area contributed by atoms with Crippen LogP contribution in [0, 0.1) is 5.82 Å². The number of nitrogens with one attached hydrogen (secondary N) is 1. The summed E-state index contributed by atoms with van der Waals surface area (Å²) in [6.07, 6.45) is 1.61. The van der Waals surface area contributed by atoms with E-state index in [9.17, 15) is 22.7 Å². The zero-order chi connectivity index (χ0) is 19.9. The summed E-state index contributed by atoms with van der Waals surface area (Å²) in [4.78, 5) is 11.3. The lowest BCUT2D eigenvalue weighted by Crippen LogP contribution is -2.39. The lowest BCUT2D eigenvalue weighted by atomic mass is 9.92. The van der Waals surface area contributed by atoms with E-state index in [1.54, 1.807) is 4.57 Å². The molecular formula is C20H21FN2O4S. The molecule has 0 radical (unpaired) electrons. The van der Waals surface area contributed by atoms with Crippen molar-refractivity contribution in [1.82, 2.24) is 9.29 Å². The van der Waals surface area contributed by atoms with Crippen molar-refractivity contribution in [1.29, 1.82) is 0 Å². The standard InChI is InChI=1S/C20H19FN2O4S.H2/c21-13-5-8-15(9-6-13)28(26,27)22-14-7-10-19-17(11-14)16-3-1-2-4-18(16)23(19)12-20(24)25;/h1-6,8-9,14,22H,7,10-12H2,(H,24,25);1H. The minimum Gasteiger partial charge on any atom is -0.480 e. The van der Waals surface area contributed by atoms with Gasteiger partial charge in [0, 0.05) is 24.1 Å². The summed E-state index contributed by atoms with van der Waals surface area (Å²) < 4.78 is 42.8. The third-order valence-corrected chi connectivity index (χ3v) is 6.65. The Balaban J connectivity index is 0.00000240. The van der Waals surface area contributed by atoms with Crippen molar-refractivity contribution >= 4 is 26.9 Å². The van der Waals surface area contributed by atoms with Crippen LogP contribution in [0.3, 0.4) is 0 Å². The maximum absolute atomic E-state index is 13.1. The van der Waals surface area contributed by atoms with Crippen LogP contribution < -0.4 is 4.72 Å². The SMILES string of the molecule is O=C(O)Cn1c2c(c3ccccc31)CC(NS(=O)(=O)c1ccc(F)cc1)CC2.[HH]. The van der Waals surface area contributed by atoms with Crippen LogP contribution in [0.15, 0.2) is 53.4 Å². The van der Waals surface area contributed by atoms with Gasteiger partial charge in [-0.25, -0.2) is 17.5 Å². The van der Waals surface area contributed by atoms with E-state index < -0.39 is 21.8 Å². The fraction of sp³-hybridized carbons (Fsp3) is 0.250. The summed E-state index contributed by atoms with van der Waals surface area (Å²) in [5.74, 6) is -1.41. The molecule has 1 aromatic heterocycles. The van der Waals surface area contributed by atoms with Crippen molar-refractivity contribution in [3.05, 3.63) is 65.6 Å². The highest BCUT2D eigenvalue weighted by atomic mass is 32.2. The first-order chi connectivity index (χ1) is 13.3. The molecule has 1 atom stereocenters.